The lowest BCUT2D eigenvalue weighted by Crippen LogP contribution is -2.24. The van der Waals surface area contributed by atoms with Gasteiger partial charge in [-0.1, -0.05) is 17.7 Å². The minimum absolute atomic E-state index is 0.0303. The Kier molecular flexibility index (Phi) is 5.80. The van der Waals surface area contributed by atoms with Crippen LogP contribution in [0.25, 0.3) is 11.0 Å². The first-order valence-corrected chi connectivity index (χ1v) is 11.5. The second-order valence-corrected chi connectivity index (χ2v) is 9.34. The smallest absolute Gasteiger partial charge is 0.340 e. The lowest BCUT2D eigenvalue weighted by atomic mass is 10.2. The summed E-state index contributed by atoms with van der Waals surface area (Å²) in [7, 11) is -3.85. The molecule has 0 unspecified atom stereocenters. The van der Waals surface area contributed by atoms with E-state index < -0.39 is 32.9 Å². The highest BCUT2D eigenvalue weighted by molar-refractivity contribution is 7.89. The van der Waals surface area contributed by atoms with Gasteiger partial charge >= 0.3 is 5.69 Å². The summed E-state index contributed by atoms with van der Waals surface area (Å²) in [6.07, 6.45) is 2.06. The molecule has 0 aliphatic heterocycles. The number of fused-ring (bicyclic) bond motifs is 1. The fraction of sp³-hybridized carbons (Fsp3) is 0.150. The van der Waals surface area contributed by atoms with E-state index in [1.165, 1.54) is 18.2 Å². The second-order valence-electron chi connectivity index (χ2n) is 7.13. The van der Waals surface area contributed by atoms with Gasteiger partial charge in [-0.05, 0) is 29.8 Å². The van der Waals surface area contributed by atoms with Crippen LogP contribution in [-0.4, -0.2) is 33.2 Å². The molecule has 0 saturated carbocycles. The fourth-order valence-corrected chi connectivity index (χ4v) is 4.26. The zero-order valence-electron chi connectivity index (χ0n) is 16.9. The van der Waals surface area contributed by atoms with E-state index in [-0.39, 0.29) is 35.1 Å². The number of nitrogens with zero attached hydrogens (tertiary/aromatic N) is 3. The average molecular weight is 497 g/mol. The topological polar surface area (TPSA) is 116 Å². The minimum atomic E-state index is -3.85. The lowest BCUT2D eigenvalue weighted by molar-refractivity contribution is 0.286. The van der Waals surface area contributed by atoms with Crippen LogP contribution in [0.15, 0.2) is 52.3 Å². The molecule has 0 fully saturated rings. The van der Waals surface area contributed by atoms with Gasteiger partial charge in [0.05, 0.1) is 23.8 Å². The van der Waals surface area contributed by atoms with Crippen molar-refractivity contribution >= 4 is 32.7 Å². The molecular formula is C20H15ClF2N4O5S. The van der Waals surface area contributed by atoms with Crippen LogP contribution in [0.3, 0.4) is 0 Å². The summed E-state index contributed by atoms with van der Waals surface area (Å²) >= 11 is 6.07. The van der Waals surface area contributed by atoms with Crippen molar-refractivity contribution in [1.29, 1.82) is 0 Å². The Labute approximate surface area is 189 Å². The highest BCUT2D eigenvalue weighted by atomic mass is 35.5. The quantitative estimate of drug-likeness (QED) is 0.438. The summed E-state index contributed by atoms with van der Waals surface area (Å²) in [5.41, 5.74) is -0.458. The molecule has 2 heterocycles. The molecule has 0 amide bonds. The Balaban J connectivity index is 1.60. The number of hydrogen-bond acceptors (Lipinski definition) is 6. The van der Waals surface area contributed by atoms with Crippen molar-refractivity contribution in [3.8, 4) is 5.88 Å². The third kappa shape index (κ3) is 4.52. The number of H-pyrrole nitrogens is 1. The van der Waals surface area contributed by atoms with Crippen LogP contribution in [0.1, 0.15) is 11.1 Å². The van der Waals surface area contributed by atoms with Crippen molar-refractivity contribution in [3.63, 3.8) is 0 Å². The average Bonchev–Trinajstić information content (AvgIpc) is 3.07. The van der Waals surface area contributed by atoms with Gasteiger partial charge in [-0.3, -0.25) is 9.36 Å². The molecule has 0 radical (unpaired) electrons. The van der Waals surface area contributed by atoms with Crippen molar-refractivity contribution in [2.75, 3.05) is 6.26 Å². The SMILES string of the molecule is CS(=O)(=O)n1c(=O)[nH]c2ccc(Cn3cnc(OCc4ccc(F)cc4F)c(Cl)c3=O)cc21. The third-order valence-electron chi connectivity index (χ3n) is 4.72. The number of rotatable bonds is 6. The first-order valence-electron chi connectivity index (χ1n) is 9.30. The molecule has 9 nitrogen and oxygen atoms in total. The maximum atomic E-state index is 13.8. The number of aromatic nitrogens is 4. The van der Waals surface area contributed by atoms with Crippen molar-refractivity contribution < 1.29 is 21.9 Å². The summed E-state index contributed by atoms with van der Waals surface area (Å²) < 4.78 is 57.8. The predicted molar refractivity (Wildman–Crippen MR) is 116 cm³/mol. The van der Waals surface area contributed by atoms with Gasteiger partial charge < -0.3 is 9.72 Å². The summed E-state index contributed by atoms with van der Waals surface area (Å²) in [4.78, 5) is 31.0. The maximum absolute atomic E-state index is 13.8. The number of ether oxygens (including phenoxy) is 1. The van der Waals surface area contributed by atoms with Crippen LogP contribution in [0, 0.1) is 11.6 Å². The number of halogens is 3. The van der Waals surface area contributed by atoms with Crippen LogP contribution >= 0.6 is 11.6 Å². The number of benzene rings is 2. The van der Waals surface area contributed by atoms with E-state index in [2.05, 4.69) is 9.97 Å². The van der Waals surface area contributed by atoms with E-state index in [1.54, 1.807) is 6.07 Å². The third-order valence-corrected chi connectivity index (χ3v) is 6.07. The van der Waals surface area contributed by atoms with Gasteiger partial charge in [0.15, 0.2) is 5.02 Å². The molecule has 2 aromatic carbocycles. The zero-order chi connectivity index (χ0) is 23.9. The first kappa shape index (κ1) is 22.7. The Bertz CT molecular complexity index is 1610. The summed E-state index contributed by atoms with van der Waals surface area (Å²) in [5, 5.41) is -0.351. The van der Waals surface area contributed by atoms with Gasteiger partial charge in [-0.25, -0.2) is 27.0 Å². The van der Waals surface area contributed by atoms with Gasteiger partial charge in [0.2, 0.25) is 15.9 Å². The van der Waals surface area contributed by atoms with Gasteiger partial charge in [0.1, 0.15) is 24.6 Å². The van der Waals surface area contributed by atoms with Crippen LogP contribution < -0.4 is 16.0 Å². The first-order chi connectivity index (χ1) is 15.5. The monoisotopic (exact) mass is 496 g/mol. The Hall–Kier alpha value is -3.51. The van der Waals surface area contributed by atoms with Crippen LogP contribution in [0.4, 0.5) is 8.78 Å². The highest BCUT2D eigenvalue weighted by Crippen LogP contribution is 2.20. The fourth-order valence-electron chi connectivity index (χ4n) is 3.20. The van der Waals surface area contributed by atoms with E-state index in [0.717, 1.165) is 23.2 Å². The zero-order valence-corrected chi connectivity index (χ0v) is 18.5. The highest BCUT2D eigenvalue weighted by Gasteiger charge is 2.17. The van der Waals surface area contributed by atoms with Gasteiger partial charge in [0, 0.05) is 11.6 Å². The Morgan fingerprint density at radius 1 is 1.15 bits per heavy atom. The molecule has 1 N–H and O–H groups in total. The van der Waals surface area contributed by atoms with Crippen LogP contribution in [0.5, 0.6) is 5.88 Å². The molecule has 33 heavy (non-hydrogen) atoms. The second kappa shape index (κ2) is 8.45. The largest absolute Gasteiger partial charge is 0.471 e. The normalized spacial score (nSPS) is 11.8. The van der Waals surface area contributed by atoms with E-state index in [9.17, 15) is 26.8 Å². The van der Waals surface area contributed by atoms with E-state index in [1.807, 2.05) is 0 Å². The summed E-state index contributed by atoms with van der Waals surface area (Å²) in [6, 6.07) is 7.55. The van der Waals surface area contributed by atoms with Crippen LogP contribution in [-0.2, 0) is 23.2 Å². The standard InChI is InChI=1S/C20H15ClF2N4O5S/c1-33(30,31)27-16-6-11(2-5-15(16)25-20(27)29)8-26-10-24-18(17(21)19(26)28)32-9-12-3-4-13(22)7-14(12)23/h2-7,10H,8-9H2,1H3,(H,25,29). The van der Waals surface area contributed by atoms with Crippen LogP contribution in [0.2, 0.25) is 5.02 Å². The van der Waals surface area contributed by atoms with E-state index in [0.29, 0.717) is 21.1 Å². The molecule has 13 heteroatoms. The van der Waals surface area contributed by atoms with Gasteiger partial charge in [-0.15, -0.1) is 0 Å². The molecule has 4 rings (SSSR count). The maximum Gasteiger partial charge on any atom is 0.340 e. The van der Waals surface area contributed by atoms with E-state index >= 15 is 0 Å². The van der Waals surface area contributed by atoms with Gasteiger partial charge in [0.25, 0.3) is 5.56 Å². The molecule has 0 atom stereocenters. The van der Waals surface area contributed by atoms with Crippen molar-refractivity contribution in [2.24, 2.45) is 0 Å². The molecule has 0 bridgehead atoms. The van der Waals surface area contributed by atoms with Crippen molar-refractivity contribution in [3.05, 3.63) is 91.3 Å². The van der Waals surface area contributed by atoms with Crippen molar-refractivity contribution in [1.82, 2.24) is 18.5 Å². The Morgan fingerprint density at radius 2 is 1.91 bits per heavy atom. The van der Waals surface area contributed by atoms with Gasteiger partial charge in [-0.2, -0.15) is 3.97 Å². The lowest BCUT2D eigenvalue weighted by Gasteiger charge is -2.11. The molecule has 0 aliphatic carbocycles. The molecule has 2 aromatic heterocycles. The Morgan fingerprint density at radius 3 is 2.61 bits per heavy atom. The molecule has 0 aliphatic rings. The number of aromatic amines is 1. The number of hydrogen-bond donors (Lipinski definition) is 1. The minimum Gasteiger partial charge on any atom is -0.471 e. The number of imidazole rings is 1. The molecule has 0 saturated heterocycles. The summed E-state index contributed by atoms with van der Waals surface area (Å²) in [5.74, 6) is -1.78. The van der Waals surface area contributed by atoms with E-state index in [4.69, 9.17) is 16.3 Å². The predicted octanol–water partition coefficient (Wildman–Crippen LogP) is 2.25. The summed E-state index contributed by atoms with van der Waals surface area (Å²) in [6.45, 7) is -0.354. The van der Waals surface area contributed by atoms with Crippen molar-refractivity contribution in [2.45, 2.75) is 13.2 Å². The number of nitrogens with one attached hydrogen (secondary N) is 1. The molecular weight excluding hydrogens is 482 g/mol. The molecule has 172 valence electrons. The molecule has 4 aromatic rings. The molecule has 0 spiro atoms.